The largest absolute Gasteiger partial charge is 0.479 e. The molecule has 2 amide bonds. The van der Waals surface area contributed by atoms with Gasteiger partial charge in [-0.25, -0.2) is 0 Å². The molecule has 1 heterocycles. The van der Waals surface area contributed by atoms with Crippen LogP contribution in [0.25, 0.3) is 0 Å². The van der Waals surface area contributed by atoms with E-state index in [1.165, 1.54) is 6.07 Å². The van der Waals surface area contributed by atoms with E-state index in [-0.39, 0.29) is 11.8 Å². The molecule has 0 bridgehead atoms. The van der Waals surface area contributed by atoms with Gasteiger partial charge in [-0.2, -0.15) is 0 Å². The van der Waals surface area contributed by atoms with Crippen molar-refractivity contribution in [1.82, 2.24) is 0 Å². The monoisotopic (exact) mass is 390 g/mol. The Labute approximate surface area is 161 Å². The fraction of sp³-hybridized carbons (Fsp3) is 0.158. The molecule has 3 rings (SSSR count). The van der Waals surface area contributed by atoms with Crippen LogP contribution in [0, 0.1) is 0 Å². The van der Waals surface area contributed by atoms with Crippen LogP contribution in [-0.2, 0) is 4.79 Å². The molecule has 1 N–H and O–H groups in total. The molecule has 0 spiro atoms. The van der Waals surface area contributed by atoms with Crippen LogP contribution >= 0.6 is 23.2 Å². The smallest absolute Gasteiger partial charge is 0.268 e. The van der Waals surface area contributed by atoms with Gasteiger partial charge in [0.2, 0.25) is 0 Å². The molecule has 0 radical (unpaired) electrons. The summed E-state index contributed by atoms with van der Waals surface area (Å²) in [5.41, 5.74) is 1.49. The summed E-state index contributed by atoms with van der Waals surface area (Å²) in [4.78, 5) is 26.3. The Bertz CT molecular complexity index is 898. The minimum absolute atomic E-state index is 0.162. The van der Waals surface area contributed by atoms with Gasteiger partial charge in [0.1, 0.15) is 5.75 Å². The summed E-state index contributed by atoms with van der Waals surface area (Å²) in [6.45, 7) is 5.73. The molecule has 1 aliphatic rings. The van der Waals surface area contributed by atoms with E-state index >= 15 is 0 Å². The van der Waals surface area contributed by atoms with E-state index in [1.54, 1.807) is 48.2 Å². The highest BCUT2D eigenvalue weighted by atomic mass is 35.5. The number of halogens is 2. The van der Waals surface area contributed by atoms with E-state index in [4.69, 9.17) is 27.9 Å². The maximum Gasteiger partial charge on any atom is 0.268 e. The SMILES string of the molecule is C=CCN1C(=O)C(C)Oc2ccc(NC(=O)c3ccc(Cl)c(Cl)c3)cc21. The lowest BCUT2D eigenvalue weighted by Crippen LogP contribution is -2.44. The third kappa shape index (κ3) is 3.54. The fourth-order valence-electron chi connectivity index (χ4n) is 2.64. The van der Waals surface area contributed by atoms with Crippen LogP contribution in [0.4, 0.5) is 11.4 Å². The normalized spacial score (nSPS) is 15.9. The average molecular weight is 391 g/mol. The quantitative estimate of drug-likeness (QED) is 0.779. The van der Waals surface area contributed by atoms with Crippen molar-refractivity contribution < 1.29 is 14.3 Å². The highest BCUT2D eigenvalue weighted by Crippen LogP contribution is 2.36. The molecule has 5 nitrogen and oxygen atoms in total. The van der Waals surface area contributed by atoms with Crippen LogP contribution in [0.5, 0.6) is 5.75 Å². The molecule has 0 saturated heterocycles. The molecular weight excluding hydrogens is 375 g/mol. The number of carbonyl (C=O) groups excluding carboxylic acids is 2. The van der Waals surface area contributed by atoms with E-state index in [2.05, 4.69) is 11.9 Å². The first kappa shape index (κ1) is 18.3. The maximum absolute atomic E-state index is 12.4. The Kier molecular flexibility index (Phi) is 5.20. The first-order chi connectivity index (χ1) is 12.4. The van der Waals surface area contributed by atoms with Gasteiger partial charge in [0.15, 0.2) is 6.10 Å². The van der Waals surface area contributed by atoms with E-state index < -0.39 is 6.10 Å². The minimum Gasteiger partial charge on any atom is -0.479 e. The van der Waals surface area contributed by atoms with Crippen molar-refractivity contribution in [1.29, 1.82) is 0 Å². The standard InChI is InChI=1S/C19H16Cl2N2O3/c1-3-8-23-16-10-13(5-7-17(16)26-11(2)19(23)25)22-18(24)12-4-6-14(20)15(21)9-12/h3-7,9-11H,1,8H2,2H3,(H,22,24). The van der Waals surface area contributed by atoms with Gasteiger partial charge < -0.3 is 15.0 Å². The van der Waals surface area contributed by atoms with E-state index in [0.29, 0.717) is 39.3 Å². The summed E-state index contributed by atoms with van der Waals surface area (Å²) in [6, 6.07) is 9.77. The number of amides is 2. The van der Waals surface area contributed by atoms with Crippen LogP contribution in [0.2, 0.25) is 10.0 Å². The second-order valence-corrected chi connectivity index (χ2v) is 6.58. The predicted octanol–water partition coefficient (Wildman–Crippen LogP) is 4.55. The van der Waals surface area contributed by atoms with Crippen LogP contribution in [-0.4, -0.2) is 24.5 Å². The molecule has 1 unspecified atom stereocenters. The third-order valence-corrected chi connectivity index (χ3v) is 4.66. The molecule has 1 aliphatic heterocycles. The highest BCUT2D eigenvalue weighted by molar-refractivity contribution is 6.42. The molecule has 134 valence electrons. The van der Waals surface area contributed by atoms with Crippen LogP contribution in [0.1, 0.15) is 17.3 Å². The van der Waals surface area contributed by atoms with Gasteiger partial charge in [-0.15, -0.1) is 6.58 Å². The number of nitrogens with one attached hydrogen (secondary N) is 1. The van der Waals surface area contributed by atoms with Gasteiger partial charge in [0, 0.05) is 17.8 Å². The minimum atomic E-state index is -0.570. The van der Waals surface area contributed by atoms with Crippen molar-refractivity contribution in [3.8, 4) is 5.75 Å². The second kappa shape index (κ2) is 7.40. The van der Waals surface area contributed by atoms with Gasteiger partial charge in [-0.05, 0) is 43.3 Å². The zero-order chi connectivity index (χ0) is 18.8. The summed E-state index contributed by atoms with van der Waals surface area (Å²) in [7, 11) is 0. The number of anilines is 2. The van der Waals surface area contributed by atoms with E-state index in [0.717, 1.165) is 0 Å². The second-order valence-electron chi connectivity index (χ2n) is 5.76. The van der Waals surface area contributed by atoms with Crippen LogP contribution < -0.4 is 15.0 Å². The number of carbonyl (C=O) groups is 2. The number of fused-ring (bicyclic) bond motifs is 1. The topological polar surface area (TPSA) is 58.6 Å². The van der Waals surface area contributed by atoms with Gasteiger partial charge in [0.25, 0.3) is 11.8 Å². The van der Waals surface area contributed by atoms with Crippen molar-refractivity contribution >= 4 is 46.4 Å². The molecule has 0 saturated carbocycles. The number of hydrogen-bond donors (Lipinski definition) is 1. The van der Waals surface area contributed by atoms with Gasteiger partial charge in [-0.1, -0.05) is 29.3 Å². The molecule has 0 aliphatic carbocycles. The lowest BCUT2D eigenvalue weighted by Gasteiger charge is -2.32. The molecule has 26 heavy (non-hydrogen) atoms. The number of hydrogen-bond acceptors (Lipinski definition) is 3. The first-order valence-electron chi connectivity index (χ1n) is 7.90. The number of ether oxygens (including phenoxy) is 1. The van der Waals surface area contributed by atoms with E-state index in [1.807, 2.05) is 0 Å². The summed E-state index contributed by atoms with van der Waals surface area (Å²) in [5, 5.41) is 3.46. The van der Waals surface area contributed by atoms with E-state index in [9.17, 15) is 9.59 Å². The first-order valence-corrected chi connectivity index (χ1v) is 8.65. The Hall–Kier alpha value is -2.50. The number of benzene rings is 2. The highest BCUT2D eigenvalue weighted by Gasteiger charge is 2.31. The molecular formula is C19H16Cl2N2O3. The Morgan fingerprint density at radius 3 is 2.73 bits per heavy atom. The molecule has 1 atom stereocenters. The van der Waals surface area contributed by atoms with Gasteiger partial charge in [-0.3, -0.25) is 9.59 Å². The third-order valence-electron chi connectivity index (χ3n) is 3.92. The predicted molar refractivity (Wildman–Crippen MR) is 103 cm³/mol. The van der Waals surface area contributed by atoms with Gasteiger partial charge >= 0.3 is 0 Å². The van der Waals surface area contributed by atoms with Crippen molar-refractivity contribution in [3.63, 3.8) is 0 Å². The Morgan fingerprint density at radius 2 is 2.04 bits per heavy atom. The van der Waals surface area contributed by atoms with Crippen molar-refractivity contribution in [3.05, 3.63) is 64.7 Å². The lowest BCUT2D eigenvalue weighted by atomic mass is 10.1. The number of rotatable bonds is 4. The summed E-state index contributed by atoms with van der Waals surface area (Å²) < 4.78 is 5.62. The average Bonchev–Trinajstić information content (AvgIpc) is 2.61. The van der Waals surface area contributed by atoms with Gasteiger partial charge in [0.05, 0.1) is 15.7 Å². The molecule has 0 fully saturated rings. The molecule has 2 aromatic carbocycles. The zero-order valence-electron chi connectivity index (χ0n) is 14.0. The maximum atomic E-state index is 12.4. The molecule has 2 aromatic rings. The van der Waals surface area contributed by atoms with Crippen molar-refractivity contribution in [2.24, 2.45) is 0 Å². The summed E-state index contributed by atoms with van der Waals surface area (Å²) >= 11 is 11.8. The van der Waals surface area contributed by atoms with Crippen LogP contribution in [0.15, 0.2) is 49.1 Å². The van der Waals surface area contributed by atoms with Crippen molar-refractivity contribution in [2.45, 2.75) is 13.0 Å². The lowest BCUT2D eigenvalue weighted by molar-refractivity contribution is -0.125. The van der Waals surface area contributed by atoms with Crippen LogP contribution in [0.3, 0.4) is 0 Å². The Balaban J connectivity index is 1.88. The Morgan fingerprint density at radius 1 is 1.27 bits per heavy atom. The molecule has 7 heteroatoms. The number of nitrogens with zero attached hydrogens (tertiary/aromatic N) is 1. The zero-order valence-corrected chi connectivity index (χ0v) is 15.5. The summed E-state index contributed by atoms with van der Waals surface area (Å²) in [6.07, 6.45) is 1.07. The molecule has 0 aromatic heterocycles. The fourth-order valence-corrected chi connectivity index (χ4v) is 2.94. The van der Waals surface area contributed by atoms with Crippen molar-refractivity contribution in [2.75, 3.05) is 16.8 Å². The summed E-state index contributed by atoms with van der Waals surface area (Å²) in [5.74, 6) is 0.0760.